The van der Waals surface area contributed by atoms with Crippen LogP contribution in [0.25, 0.3) is 0 Å². The second-order valence-electron chi connectivity index (χ2n) is 7.23. The van der Waals surface area contributed by atoms with E-state index >= 15 is 0 Å². The van der Waals surface area contributed by atoms with Crippen molar-refractivity contribution in [1.29, 1.82) is 0 Å². The fraction of sp³-hybridized carbons (Fsp3) is 0.350. The number of rotatable bonds is 3. The van der Waals surface area contributed by atoms with Crippen molar-refractivity contribution in [2.45, 2.75) is 19.3 Å². The van der Waals surface area contributed by atoms with Crippen LogP contribution in [0.3, 0.4) is 0 Å². The van der Waals surface area contributed by atoms with E-state index in [9.17, 15) is 14.4 Å². The van der Waals surface area contributed by atoms with E-state index in [1.807, 2.05) is 0 Å². The molecule has 5 rings (SSSR count). The number of carbonyl (C=O) groups excluding carboxylic acids is 3. The molecular formula is C20H17NO4S. The monoisotopic (exact) mass is 367 g/mol. The number of anilines is 1. The Labute approximate surface area is 154 Å². The van der Waals surface area contributed by atoms with Gasteiger partial charge in [-0.15, -0.1) is 11.3 Å². The average molecular weight is 367 g/mol. The van der Waals surface area contributed by atoms with Crippen molar-refractivity contribution in [1.82, 2.24) is 0 Å². The lowest BCUT2D eigenvalue weighted by Crippen LogP contribution is -2.33. The number of imide groups is 1. The van der Waals surface area contributed by atoms with E-state index in [1.54, 1.807) is 41.8 Å². The fourth-order valence-electron chi connectivity index (χ4n) is 4.92. The highest BCUT2D eigenvalue weighted by Crippen LogP contribution is 2.57. The van der Waals surface area contributed by atoms with E-state index in [4.69, 9.17) is 4.74 Å². The zero-order valence-corrected chi connectivity index (χ0v) is 14.8. The number of carbonyl (C=O) groups is 3. The van der Waals surface area contributed by atoms with Gasteiger partial charge in [-0.05, 0) is 54.7 Å². The Bertz CT molecular complexity index is 878. The summed E-state index contributed by atoms with van der Waals surface area (Å²) >= 11 is 1.29. The van der Waals surface area contributed by atoms with Gasteiger partial charge in [0.25, 0.3) is 0 Å². The lowest BCUT2D eigenvalue weighted by atomic mass is 9.81. The first-order valence-electron chi connectivity index (χ1n) is 8.87. The highest BCUT2D eigenvalue weighted by Gasteiger charge is 2.61. The van der Waals surface area contributed by atoms with Crippen LogP contribution >= 0.6 is 11.3 Å². The molecule has 2 amide bonds. The largest absolute Gasteiger partial charge is 0.420 e. The molecule has 0 radical (unpaired) electrons. The Kier molecular flexibility index (Phi) is 3.50. The van der Waals surface area contributed by atoms with Crippen molar-refractivity contribution < 1.29 is 19.1 Å². The number of fused-ring (bicyclic) bond motifs is 5. The predicted octanol–water partition coefficient (Wildman–Crippen LogP) is 3.50. The minimum absolute atomic E-state index is 0.133. The zero-order chi connectivity index (χ0) is 17.8. The number of esters is 1. The number of nitrogens with zero attached hydrogens (tertiary/aromatic N) is 1. The molecule has 0 spiro atoms. The second-order valence-corrected chi connectivity index (χ2v) is 8.18. The number of benzene rings is 1. The van der Waals surface area contributed by atoms with Crippen LogP contribution in [0.5, 0.6) is 5.75 Å². The lowest BCUT2D eigenvalue weighted by Gasteiger charge is -2.19. The van der Waals surface area contributed by atoms with E-state index in [0.717, 1.165) is 19.3 Å². The Morgan fingerprint density at radius 3 is 2.35 bits per heavy atom. The van der Waals surface area contributed by atoms with Crippen molar-refractivity contribution in [3.05, 3.63) is 46.7 Å². The van der Waals surface area contributed by atoms with E-state index < -0.39 is 5.97 Å². The summed E-state index contributed by atoms with van der Waals surface area (Å²) in [6.07, 6.45) is 3.07. The van der Waals surface area contributed by atoms with Gasteiger partial charge in [0.15, 0.2) is 5.75 Å². The quantitative estimate of drug-likeness (QED) is 0.473. The Balaban J connectivity index is 1.48. The SMILES string of the molecule is O=C(Oc1ccccc1N1C(=O)[C@@H]2[C@@H]3CC[C@H](C3)[C@@H]2C1=O)c1cccs1. The summed E-state index contributed by atoms with van der Waals surface area (Å²) in [6, 6.07) is 10.2. The number of hydrogen-bond acceptors (Lipinski definition) is 5. The molecule has 4 atom stereocenters. The zero-order valence-electron chi connectivity index (χ0n) is 14.0. The summed E-state index contributed by atoms with van der Waals surface area (Å²) in [7, 11) is 0. The summed E-state index contributed by atoms with van der Waals surface area (Å²) in [6.45, 7) is 0. The number of amides is 2. The summed E-state index contributed by atoms with van der Waals surface area (Å²) < 4.78 is 5.52. The highest BCUT2D eigenvalue weighted by atomic mass is 32.1. The molecule has 6 heteroatoms. The molecule has 132 valence electrons. The Morgan fingerprint density at radius 1 is 1.00 bits per heavy atom. The first-order valence-corrected chi connectivity index (χ1v) is 9.75. The third kappa shape index (κ3) is 2.18. The van der Waals surface area contributed by atoms with Crippen LogP contribution in [-0.4, -0.2) is 17.8 Å². The van der Waals surface area contributed by atoms with E-state index in [-0.39, 0.29) is 29.4 Å². The van der Waals surface area contributed by atoms with Crippen LogP contribution in [0.4, 0.5) is 5.69 Å². The molecule has 3 fully saturated rings. The maximum Gasteiger partial charge on any atom is 0.353 e. The van der Waals surface area contributed by atoms with Crippen molar-refractivity contribution in [3.8, 4) is 5.75 Å². The van der Waals surface area contributed by atoms with Crippen LogP contribution in [0, 0.1) is 23.7 Å². The minimum atomic E-state index is -0.480. The molecule has 2 aromatic rings. The number of hydrogen-bond donors (Lipinski definition) is 0. The Hall–Kier alpha value is -2.47. The van der Waals surface area contributed by atoms with Crippen LogP contribution < -0.4 is 9.64 Å². The molecule has 2 heterocycles. The van der Waals surface area contributed by atoms with Gasteiger partial charge < -0.3 is 4.74 Å². The number of para-hydroxylation sites is 2. The highest BCUT2D eigenvalue weighted by molar-refractivity contribution is 7.12. The number of thiophene rings is 1. The molecule has 1 aliphatic heterocycles. The molecule has 0 N–H and O–H groups in total. The topological polar surface area (TPSA) is 63.7 Å². The molecule has 2 aliphatic carbocycles. The molecular weight excluding hydrogens is 350 g/mol. The van der Waals surface area contributed by atoms with Crippen molar-refractivity contribution >= 4 is 34.8 Å². The lowest BCUT2D eigenvalue weighted by molar-refractivity contribution is -0.123. The van der Waals surface area contributed by atoms with Gasteiger partial charge in [-0.2, -0.15) is 0 Å². The smallest absolute Gasteiger partial charge is 0.353 e. The van der Waals surface area contributed by atoms with Gasteiger partial charge in [0.2, 0.25) is 11.8 Å². The van der Waals surface area contributed by atoms with Gasteiger partial charge in [-0.3, -0.25) is 9.59 Å². The van der Waals surface area contributed by atoms with Gasteiger partial charge >= 0.3 is 5.97 Å². The molecule has 2 bridgehead atoms. The number of ether oxygens (including phenoxy) is 1. The third-order valence-corrected chi connectivity index (χ3v) is 6.81. The van der Waals surface area contributed by atoms with E-state index in [0.29, 0.717) is 22.4 Å². The summed E-state index contributed by atoms with van der Waals surface area (Å²) in [5.74, 6) is -0.227. The first kappa shape index (κ1) is 15.8. The molecule has 3 aliphatic rings. The van der Waals surface area contributed by atoms with Gasteiger partial charge in [-0.1, -0.05) is 18.2 Å². The molecule has 1 aromatic carbocycles. The summed E-state index contributed by atoms with van der Waals surface area (Å²) in [5.41, 5.74) is 0.376. The summed E-state index contributed by atoms with van der Waals surface area (Å²) in [5, 5.41) is 1.80. The van der Waals surface area contributed by atoms with Crippen LogP contribution in [-0.2, 0) is 9.59 Å². The van der Waals surface area contributed by atoms with E-state index in [2.05, 4.69) is 0 Å². The van der Waals surface area contributed by atoms with Gasteiger partial charge in [0, 0.05) is 0 Å². The molecule has 5 nitrogen and oxygen atoms in total. The summed E-state index contributed by atoms with van der Waals surface area (Å²) in [4.78, 5) is 40.1. The maximum atomic E-state index is 13.0. The maximum absolute atomic E-state index is 13.0. The normalized spacial score (nSPS) is 29.3. The van der Waals surface area contributed by atoms with Crippen molar-refractivity contribution in [2.24, 2.45) is 23.7 Å². The molecule has 1 aromatic heterocycles. The van der Waals surface area contributed by atoms with Crippen molar-refractivity contribution in [3.63, 3.8) is 0 Å². The standard InChI is InChI=1S/C20H17NO4S/c22-18-16-11-7-8-12(10-11)17(16)19(23)21(18)13-4-1-2-5-14(13)25-20(24)15-6-3-9-26-15/h1-6,9,11-12,16-17H,7-8,10H2/t11-,12-,16-,17+/m1/s1. The fourth-order valence-corrected chi connectivity index (χ4v) is 5.52. The molecule has 0 unspecified atom stereocenters. The van der Waals surface area contributed by atoms with Crippen molar-refractivity contribution in [2.75, 3.05) is 4.90 Å². The Morgan fingerprint density at radius 2 is 1.69 bits per heavy atom. The van der Waals surface area contributed by atoms with Gasteiger partial charge in [0.1, 0.15) is 4.88 Å². The van der Waals surface area contributed by atoms with Gasteiger partial charge in [0.05, 0.1) is 17.5 Å². The molecule has 26 heavy (non-hydrogen) atoms. The second kappa shape index (κ2) is 5.77. The average Bonchev–Trinajstić information content (AvgIpc) is 3.41. The third-order valence-electron chi connectivity index (χ3n) is 5.96. The van der Waals surface area contributed by atoms with E-state index in [1.165, 1.54) is 16.2 Å². The van der Waals surface area contributed by atoms with Gasteiger partial charge in [-0.25, -0.2) is 9.69 Å². The van der Waals surface area contributed by atoms with Crippen LogP contribution in [0.1, 0.15) is 28.9 Å². The van der Waals surface area contributed by atoms with Crippen LogP contribution in [0.2, 0.25) is 0 Å². The molecule has 2 saturated carbocycles. The predicted molar refractivity (Wildman–Crippen MR) is 96.0 cm³/mol. The molecule has 1 saturated heterocycles. The van der Waals surface area contributed by atoms with Crippen LogP contribution in [0.15, 0.2) is 41.8 Å². The minimum Gasteiger partial charge on any atom is -0.420 e. The first-order chi connectivity index (χ1) is 12.6.